The summed E-state index contributed by atoms with van der Waals surface area (Å²) in [6, 6.07) is 9.67. The molecule has 0 radical (unpaired) electrons. The fourth-order valence-electron chi connectivity index (χ4n) is 2.54. The summed E-state index contributed by atoms with van der Waals surface area (Å²) in [5.41, 5.74) is 2.43. The lowest BCUT2D eigenvalue weighted by Crippen LogP contribution is -2.40. The average molecular weight is 283 g/mol. The van der Waals surface area contributed by atoms with Crippen molar-refractivity contribution in [1.29, 1.82) is 0 Å². The first kappa shape index (κ1) is 13.5. The molecule has 0 saturated carbocycles. The van der Waals surface area contributed by atoms with Gasteiger partial charge in [-0.15, -0.1) is 0 Å². The van der Waals surface area contributed by atoms with Gasteiger partial charge in [0.1, 0.15) is 0 Å². The molecule has 3 rings (SSSR count). The summed E-state index contributed by atoms with van der Waals surface area (Å²) in [5, 5.41) is 6.67. The van der Waals surface area contributed by atoms with Crippen LogP contribution in [0, 0.1) is 12.8 Å². The number of piperidine rings is 1. The van der Waals surface area contributed by atoms with Gasteiger partial charge in [0.05, 0.1) is 17.1 Å². The first-order chi connectivity index (χ1) is 10.1. The number of amides is 2. The highest BCUT2D eigenvalue weighted by Gasteiger charge is 2.24. The van der Waals surface area contributed by atoms with Gasteiger partial charge in [-0.25, -0.2) is 0 Å². The van der Waals surface area contributed by atoms with Crippen LogP contribution in [0.25, 0.3) is 10.9 Å². The molecule has 0 spiro atoms. The van der Waals surface area contributed by atoms with E-state index in [0.717, 1.165) is 22.3 Å². The van der Waals surface area contributed by atoms with Crippen LogP contribution in [0.5, 0.6) is 0 Å². The molecule has 5 heteroatoms. The van der Waals surface area contributed by atoms with Gasteiger partial charge in [-0.2, -0.15) is 0 Å². The molecule has 1 aromatic heterocycles. The van der Waals surface area contributed by atoms with Crippen molar-refractivity contribution in [1.82, 2.24) is 10.3 Å². The summed E-state index contributed by atoms with van der Waals surface area (Å²) in [6.07, 6.45) is 1.000. The first-order valence-electron chi connectivity index (χ1n) is 7.07. The Hall–Kier alpha value is -2.43. The number of carbonyl (C=O) groups excluding carboxylic acids is 2. The number of para-hydroxylation sites is 1. The van der Waals surface area contributed by atoms with E-state index in [-0.39, 0.29) is 17.7 Å². The minimum absolute atomic E-state index is 0.0153. The zero-order valence-electron chi connectivity index (χ0n) is 11.8. The number of fused-ring (bicyclic) bond motifs is 1. The van der Waals surface area contributed by atoms with Crippen molar-refractivity contribution in [2.75, 3.05) is 11.9 Å². The summed E-state index contributed by atoms with van der Waals surface area (Å²) in [5.74, 6) is -0.227. The van der Waals surface area contributed by atoms with Crippen molar-refractivity contribution in [2.24, 2.45) is 5.92 Å². The van der Waals surface area contributed by atoms with E-state index in [4.69, 9.17) is 0 Å². The van der Waals surface area contributed by atoms with Crippen LogP contribution in [0.15, 0.2) is 30.3 Å². The van der Waals surface area contributed by atoms with E-state index in [1.54, 1.807) is 0 Å². The minimum atomic E-state index is -0.178. The predicted octanol–water partition coefficient (Wildman–Crippen LogP) is 2.01. The van der Waals surface area contributed by atoms with Crippen LogP contribution in [0.1, 0.15) is 18.5 Å². The molecule has 0 bridgehead atoms. The normalized spacial score (nSPS) is 18.3. The maximum atomic E-state index is 12.3. The van der Waals surface area contributed by atoms with E-state index in [9.17, 15) is 9.59 Å². The molecule has 1 aliphatic rings. The van der Waals surface area contributed by atoms with Gasteiger partial charge in [0, 0.05) is 24.0 Å². The Morgan fingerprint density at radius 1 is 1.33 bits per heavy atom. The second kappa shape index (κ2) is 5.52. The van der Waals surface area contributed by atoms with Crippen molar-refractivity contribution in [3.8, 4) is 0 Å². The molecular formula is C16H17N3O2. The van der Waals surface area contributed by atoms with Gasteiger partial charge in [0.15, 0.2) is 0 Å². The number of rotatable bonds is 2. The fourth-order valence-corrected chi connectivity index (χ4v) is 2.54. The number of nitrogens with one attached hydrogen (secondary N) is 2. The molecule has 21 heavy (non-hydrogen) atoms. The maximum Gasteiger partial charge on any atom is 0.229 e. The number of aryl methyl sites for hydroxylation is 1. The van der Waals surface area contributed by atoms with Crippen molar-refractivity contribution < 1.29 is 9.59 Å². The second-order valence-electron chi connectivity index (χ2n) is 5.36. The van der Waals surface area contributed by atoms with Gasteiger partial charge in [-0.05, 0) is 25.5 Å². The number of hydrogen-bond donors (Lipinski definition) is 2. The molecule has 1 aromatic carbocycles. The lowest BCUT2D eigenvalue weighted by atomic mass is 9.98. The Balaban J connectivity index is 1.83. The smallest absolute Gasteiger partial charge is 0.229 e. The highest BCUT2D eigenvalue weighted by molar-refractivity contribution is 6.01. The molecule has 1 atom stereocenters. The van der Waals surface area contributed by atoms with E-state index in [0.29, 0.717) is 19.4 Å². The van der Waals surface area contributed by atoms with Crippen LogP contribution < -0.4 is 10.6 Å². The maximum absolute atomic E-state index is 12.3. The third-order valence-corrected chi connectivity index (χ3v) is 3.75. The third-order valence-electron chi connectivity index (χ3n) is 3.75. The highest BCUT2D eigenvalue weighted by Crippen LogP contribution is 2.23. The van der Waals surface area contributed by atoms with Crippen molar-refractivity contribution >= 4 is 28.4 Å². The molecule has 2 N–H and O–H groups in total. The molecule has 0 aliphatic carbocycles. The number of anilines is 1. The monoisotopic (exact) mass is 283 g/mol. The summed E-state index contributed by atoms with van der Waals surface area (Å²) in [6.45, 7) is 2.33. The van der Waals surface area contributed by atoms with Gasteiger partial charge in [-0.3, -0.25) is 14.6 Å². The van der Waals surface area contributed by atoms with E-state index >= 15 is 0 Å². The quantitative estimate of drug-likeness (QED) is 0.885. The Morgan fingerprint density at radius 2 is 2.19 bits per heavy atom. The number of pyridine rings is 1. The van der Waals surface area contributed by atoms with E-state index in [1.165, 1.54) is 0 Å². The van der Waals surface area contributed by atoms with Crippen LogP contribution in [0.4, 0.5) is 5.69 Å². The Kier molecular flexibility index (Phi) is 3.56. The second-order valence-corrected chi connectivity index (χ2v) is 5.36. The molecule has 108 valence electrons. The summed E-state index contributed by atoms with van der Waals surface area (Å²) in [4.78, 5) is 28.0. The molecule has 1 fully saturated rings. The zero-order chi connectivity index (χ0) is 14.8. The van der Waals surface area contributed by atoms with Gasteiger partial charge < -0.3 is 10.6 Å². The molecule has 1 saturated heterocycles. The van der Waals surface area contributed by atoms with Crippen LogP contribution in [-0.2, 0) is 9.59 Å². The first-order valence-corrected chi connectivity index (χ1v) is 7.07. The van der Waals surface area contributed by atoms with Crippen LogP contribution in [-0.4, -0.2) is 23.3 Å². The van der Waals surface area contributed by atoms with Crippen molar-refractivity contribution in [3.05, 3.63) is 36.0 Å². The standard InChI is InChI=1S/C16H17N3O2/c1-10-5-6-11-3-2-4-13(15(11)18-10)19-16(21)12-7-8-14(20)17-9-12/h2-6,12H,7-9H2,1H3,(H,17,20)(H,19,21). The topological polar surface area (TPSA) is 71.1 Å². The van der Waals surface area contributed by atoms with Gasteiger partial charge in [0.25, 0.3) is 0 Å². The molecular weight excluding hydrogens is 266 g/mol. The van der Waals surface area contributed by atoms with Crippen LogP contribution >= 0.6 is 0 Å². The van der Waals surface area contributed by atoms with Gasteiger partial charge in [0.2, 0.25) is 11.8 Å². The number of hydrogen-bond acceptors (Lipinski definition) is 3. The largest absolute Gasteiger partial charge is 0.355 e. The van der Waals surface area contributed by atoms with Crippen LogP contribution in [0.3, 0.4) is 0 Å². The van der Waals surface area contributed by atoms with E-state index in [1.807, 2.05) is 37.3 Å². The van der Waals surface area contributed by atoms with E-state index in [2.05, 4.69) is 15.6 Å². The predicted molar refractivity (Wildman–Crippen MR) is 80.8 cm³/mol. The molecule has 1 unspecified atom stereocenters. The lowest BCUT2D eigenvalue weighted by molar-refractivity contribution is -0.126. The molecule has 2 heterocycles. The number of carbonyl (C=O) groups is 2. The Bertz CT molecular complexity index is 702. The SMILES string of the molecule is Cc1ccc2cccc(NC(=O)C3CCC(=O)NC3)c2n1. The highest BCUT2D eigenvalue weighted by atomic mass is 16.2. The summed E-state index contributed by atoms with van der Waals surface area (Å²) < 4.78 is 0. The van der Waals surface area contributed by atoms with Crippen molar-refractivity contribution in [3.63, 3.8) is 0 Å². The summed E-state index contributed by atoms with van der Waals surface area (Å²) in [7, 11) is 0. The molecule has 5 nitrogen and oxygen atoms in total. The van der Waals surface area contributed by atoms with Gasteiger partial charge >= 0.3 is 0 Å². The van der Waals surface area contributed by atoms with Gasteiger partial charge in [-0.1, -0.05) is 18.2 Å². The zero-order valence-corrected chi connectivity index (χ0v) is 11.8. The third kappa shape index (κ3) is 2.86. The Labute approximate surface area is 122 Å². The minimum Gasteiger partial charge on any atom is -0.355 e. The van der Waals surface area contributed by atoms with Crippen LogP contribution in [0.2, 0.25) is 0 Å². The summed E-state index contributed by atoms with van der Waals surface area (Å²) >= 11 is 0. The van der Waals surface area contributed by atoms with E-state index < -0.39 is 0 Å². The molecule has 2 amide bonds. The number of benzene rings is 1. The lowest BCUT2D eigenvalue weighted by Gasteiger charge is -2.21. The fraction of sp³-hybridized carbons (Fsp3) is 0.312. The van der Waals surface area contributed by atoms with Crippen molar-refractivity contribution in [2.45, 2.75) is 19.8 Å². The average Bonchev–Trinajstić information content (AvgIpc) is 2.48. The number of aromatic nitrogens is 1. The number of nitrogens with zero attached hydrogens (tertiary/aromatic N) is 1. The molecule has 1 aliphatic heterocycles. The molecule has 2 aromatic rings. The Morgan fingerprint density at radius 3 is 2.95 bits per heavy atom.